The number of amides is 1. The number of aromatic nitrogens is 3. The van der Waals surface area contributed by atoms with Gasteiger partial charge in [0.15, 0.2) is 6.61 Å². The largest absolute Gasteiger partial charge is 0.462 e. The van der Waals surface area contributed by atoms with Crippen LogP contribution in [0.3, 0.4) is 0 Å². The molecule has 2 N–H and O–H groups in total. The molecule has 2 aromatic rings. The molecule has 0 saturated heterocycles. The number of aromatic amines is 1. The third kappa shape index (κ3) is 4.40. The topological polar surface area (TPSA) is 123 Å². The Morgan fingerprint density at radius 3 is 2.44 bits per heavy atom. The summed E-state index contributed by atoms with van der Waals surface area (Å²) in [6.45, 7) is 4.66. The predicted molar refractivity (Wildman–Crippen MR) is 87.2 cm³/mol. The maximum Gasteiger partial charge on any atom is 0.355 e. The first-order valence-corrected chi connectivity index (χ1v) is 7.54. The van der Waals surface area contributed by atoms with Crippen molar-refractivity contribution in [3.8, 4) is 0 Å². The number of hydrogen-bond acceptors (Lipinski definition) is 7. The van der Waals surface area contributed by atoms with Crippen LogP contribution in [-0.4, -0.2) is 46.0 Å². The SMILES string of the molecule is CCOC(=O)c1c(C)[nH]c(C(=O)OCC(=O)Nc2ncccn2)c1C. The van der Waals surface area contributed by atoms with Crippen molar-refractivity contribution >= 4 is 23.8 Å². The van der Waals surface area contributed by atoms with Crippen molar-refractivity contribution < 1.29 is 23.9 Å². The highest BCUT2D eigenvalue weighted by molar-refractivity contribution is 5.99. The molecule has 2 rings (SSSR count). The molecular formula is C16H18N4O5. The van der Waals surface area contributed by atoms with Crippen LogP contribution in [0.4, 0.5) is 5.95 Å². The number of hydrogen-bond donors (Lipinski definition) is 2. The van der Waals surface area contributed by atoms with Gasteiger partial charge in [0.05, 0.1) is 12.2 Å². The van der Waals surface area contributed by atoms with Crippen molar-refractivity contribution in [2.75, 3.05) is 18.5 Å². The van der Waals surface area contributed by atoms with E-state index in [9.17, 15) is 14.4 Å². The molecule has 1 amide bonds. The van der Waals surface area contributed by atoms with E-state index in [1.54, 1.807) is 26.8 Å². The maximum atomic E-state index is 12.2. The average molecular weight is 346 g/mol. The van der Waals surface area contributed by atoms with Gasteiger partial charge in [0, 0.05) is 18.1 Å². The quantitative estimate of drug-likeness (QED) is 0.758. The van der Waals surface area contributed by atoms with Crippen molar-refractivity contribution in [1.29, 1.82) is 0 Å². The number of carbonyl (C=O) groups excluding carboxylic acids is 3. The zero-order valence-corrected chi connectivity index (χ0v) is 14.1. The molecule has 0 bridgehead atoms. The molecule has 0 spiro atoms. The van der Waals surface area contributed by atoms with E-state index in [1.165, 1.54) is 12.4 Å². The van der Waals surface area contributed by atoms with Crippen LogP contribution in [0.15, 0.2) is 18.5 Å². The summed E-state index contributed by atoms with van der Waals surface area (Å²) < 4.78 is 9.92. The molecule has 0 aromatic carbocycles. The second kappa shape index (κ2) is 8.04. The van der Waals surface area contributed by atoms with Crippen LogP contribution in [0.25, 0.3) is 0 Å². The van der Waals surface area contributed by atoms with Crippen LogP contribution >= 0.6 is 0 Å². The van der Waals surface area contributed by atoms with Crippen LogP contribution in [0.1, 0.15) is 39.0 Å². The fraction of sp³-hybridized carbons (Fsp3) is 0.312. The van der Waals surface area contributed by atoms with Gasteiger partial charge in [-0.15, -0.1) is 0 Å². The zero-order valence-electron chi connectivity index (χ0n) is 14.1. The summed E-state index contributed by atoms with van der Waals surface area (Å²) in [7, 11) is 0. The molecule has 0 aliphatic carbocycles. The Kier molecular flexibility index (Phi) is 5.83. The Morgan fingerprint density at radius 1 is 1.12 bits per heavy atom. The van der Waals surface area contributed by atoms with Crippen molar-refractivity contribution in [2.45, 2.75) is 20.8 Å². The zero-order chi connectivity index (χ0) is 18.4. The Bertz CT molecular complexity index is 785. The number of nitrogens with one attached hydrogen (secondary N) is 2. The molecule has 9 heteroatoms. The third-order valence-electron chi connectivity index (χ3n) is 3.27. The summed E-state index contributed by atoms with van der Waals surface area (Å²) >= 11 is 0. The van der Waals surface area contributed by atoms with Gasteiger partial charge in [-0.25, -0.2) is 19.6 Å². The van der Waals surface area contributed by atoms with Gasteiger partial charge in [-0.1, -0.05) is 0 Å². The monoisotopic (exact) mass is 346 g/mol. The lowest BCUT2D eigenvalue weighted by molar-refractivity contribution is -0.119. The van der Waals surface area contributed by atoms with Crippen molar-refractivity contribution in [1.82, 2.24) is 15.0 Å². The minimum atomic E-state index is -0.750. The van der Waals surface area contributed by atoms with Gasteiger partial charge in [0.1, 0.15) is 5.69 Å². The highest BCUT2D eigenvalue weighted by atomic mass is 16.5. The number of nitrogens with zero attached hydrogens (tertiary/aromatic N) is 2. The minimum Gasteiger partial charge on any atom is -0.462 e. The molecule has 0 atom stereocenters. The van der Waals surface area contributed by atoms with Gasteiger partial charge < -0.3 is 14.5 Å². The molecule has 132 valence electrons. The van der Waals surface area contributed by atoms with Crippen molar-refractivity contribution in [3.63, 3.8) is 0 Å². The van der Waals surface area contributed by atoms with Gasteiger partial charge >= 0.3 is 11.9 Å². The molecule has 9 nitrogen and oxygen atoms in total. The molecule has 25 heavy (non-hydrogen) atoms. The molecule has 0 aliphatic rings. The number of aryl methyl sites for hydroxylation is 1. The van der Waals surface area contributed by atoms with E-state index in [1.807, 2.05) is 0 Å². The summed E-state index contributed by atoms with van der Waals surface area (Å²) in [6, 6.07) is 1.60. The van der Waals surface area contributed by atoms with Crippen molar-refractivity contribution in [3.05, 3.63) is 41.0 Å². The third-order valence-corrected chi connectivity index (χ3v) is 3.27. The van der Waals surface area contributed by atoms with Crippen molar-refractivity contribution in [2.24, 2.45) is 0 Å². The minimum absolute atomic E-state index is 0.101. The van der Waals surface area contributed by atoms with E-state index in [0.29, 0.717) is 11.3 Å². The molecule has 2 heterocycles. The Balaban J connectivity index is 2.00. The molecule has 0 aliphatic heterocycles. The smallest absolute Gasteiger partial charge is 0.355 e. The fourth-order valence-electron chi connectivity index (χ4n) is 2.19. The van der Waals surface area contributed by atoms with Gasteiger partial charge in [-0.2, -0.15) is 0 Å². The van der Waals surface area contributed by atoms with E-state index in [0.717, 1.165) is 0 Å². The number of carbonyl (C=O) groups is 3. The number of esters is 2. The summed E-state index contributed by atoms with van der Waals surface area (Å²) in [5.41, 5.74) is 1.29. The molecule has 0 radical (unpaired) electrons. The second-order valence-corrected chi connectivity index (χ2v) is 5.04. The molecular weight excluding hydrogens is 328 g/mol. The fourth-order valence-corrected chi connectivity index (χ4v) is 2.19. The Morgan fingerprint density at radius 2 is 1.80 bits per heavy atom. The summed E-state index contributed by atoms with van der Waals surface area (Å²) in [5.74, 6) is -1.74. The van der Waals surface area contributed by atoms with Crippen LogP contribution in [0.2, 0.25) is 0 Å². The Hall–Kier alpha value is -3.23. The van der Waals surface area contributed by atoms with E-state index in [2.05, 4.69) is 20.3 Å². The van der Waals surface area contributed by atoms with Crippen LogP contribution in [-0.2, 0) is 14.3 Å². The second-order valence-electron chi connectivity index (χ2n) is 5.04. The van der Waals surface area contributed by atoms with Crippen LogP contribution < -0.4 is 5.32 Å². The van der Waals surface area contributed by atoms with E-state index >= 15 is 0 Å². The van der Waals surface area contributed by atoms with Gasteiger partial charge in [-0.3, -0.25) is 10.1 Å². The number of ether oxygens (including phenoxy) is 2. The van der Waals surface area contributed by atoms with Gasteiger partial charge in [0.25, 0.3) is 5.91 Å². The van der Waals surface area contributed by atoms with E-state index in [-0.39, 0.29) is 23.8 Å². The lowest BCUT2D eigenvalue weighted by atomic mass is 10.1. The standard InChI is InChI=1S/C16H18N4O5/c1-4-24-14(22)12-9(2)13(19-10(12)3)15(23)25-8-11(21)20-16-17-6-5-7-18-16/h5-7,19H,4,8H2,1-3H3,(H,17,18,20,21). The summed E-state index contributed by atoms with van der Waals surface area (Å²) in [6.07, 6.45) is 2.94. The highest BCUT2D eigenvalue weighted by Gasteiger charge is 2.24. The molecule has 2 aromatic heterocycles. The first-order chi connectivity index (χ1) is 11.9. The number of rotatable bonds is 6. The lowest BCUT2D eigenvalue weighted by Crippen LogP contribution is -2.22. The summed E-state index contributed by atoms with van der Waals surface area (Å²) in [5, 5.41) is 2.39. The normalized spacial score (nSPS) is 10.2. The predicted octanol–water partition coefficient (Wildman–Crippen LogP) is 1.39. The van der Waals surface area contributed by atoms with E-state index < -0.39 is 24.5 Å². The number of H-pyrrole nitrogens is 1. The van der Waals surface area contributed by atoms with Crippen LogP contribution in [0.5, 0.6) is 0 Å². The molecule has 0 unspecified atom stereocenters. The lowest BCUT2D eigenvalue weighted by Gasteiger charge is -2.05. The highest BCUT2D eigenvalue weighted by Crippen LogP contribution is 2.19. The maximum absolute atomic E-state index is 12.2. The Labute approximate surface area is 143 Å². The average Bonchev–Trinajstić information content (AvgIpc) is 2.88. The first kappa shape index (κ1) is 18.1. The van der Waals surface area contributed by atoms with Gasteiger partial charge in [0.2, 0.25) is 5.95 Å². The first-order valence-electron chi connectivity index (χ1n) is 7.54. The molecule has 0 fully saturated rings. The summed E-state index contributed by atoms with van der Waals surface area (Å²) in [4.78, 5) is 46.3. The molecule has 0 saturated carbocycles. The van der Waals surface area contributed by atoms with E-state index in [4.69, 9.17) is 9.47 Å². The van der Waals surface area contributed by atoms with Gasteiger partial charge in [-0.05, 0) is 32.4 Å². The van der Waals surface area contributed by atoms with Crippen LogP contribution in [0, 0.1) is 13.8 Å². The number of anilines is 1.